The summed E-state index contributed by atoms with van der Waals surface area (Å²) in [6.07, 6.45) is 0.371. The van der Waals surface area contributed by atoms with Crippen molar-refractivity contribution in [3.63, 3.8) is 0 Å². The van der Waals surface area contributed by atoms with E-state index in [2.05, 4.69) is 5.32 Å². The van der Waals surface area contributed by atoms with E-state index < -0.39 is 6.04 Å². The lowest BCUT2D eigenvalue weighted by Gasteiger charge is -2.17. The van der Waals surface area contributed by atoms with Crippen molar-refractivity contribution in [3.05, 3.63) is 35.9 Å². The van der Waals surface area contributed by atoms with Crippen LogP contribution in [0.3, 0.4) is 0 Å². The molecule has 1 aromatic carbocycles. The van der Waals surface area contributed by atoms with E-state index >= 15 is 0 Å². The molecule has 0 radical (unpaired) electrons. The molecule has 0 saturated carbocycles. The third-order valence-electron chi connectivity index (χ3n) is 3.41. The zero-order valence-corrected chi connectivity index (χ0v) is 12.1. The number of amides is 2. The van der Waals surface area contributed by atoms with Crippen LogP contribution in [0.15, 0.2) is 30.3 Å². The van der Waals surface area contributed by atoms with E-state index in [1.54, 1.807) is 11.8 Å². The number of ether oxygens (including phenoxy) is 1. The average molecular weight is 291 g/mol. The van der Waals surface area contributed by atoms with Gasteiger partial charge < -0.3 is 20.7 Å². The molecule has 1 aliphatic rings. The van der Waals surface area contributed by atoms with Crippen LogP contribution in [0.25, 0.3) is 0 Å². The molecule has 0 bridgehead atoms. The number of hydrogen-bond donors (Lipinski definition) is 2. The first-order valence-electron chi connectivity index (χ1n) is 7.08. The fraction of sp³-hybridized carbons (Fsp3) is 0.467. The highest BCUT2D eigenvalue weighted by Crippen LogP contribution is 2.12. The normalized spacial score (nSPS) is 19.1. The lowest BCUT2D eigenvalue weighted by Crippen LogP contribution is -2.45. The maximum atomic E-state index is 12.0. The van der Waals surface area contributed by atoms with E-state index in [9.17, 15) is 9.59 Å². The van der Waals surface area contributed by atoms with Crippen molar-refractivity contribution in [3.8, 4) is 0 Å². The molecule has 1 saturated heterocycles. The maximum Gasteiger partial charge on any atom is 0.410 e. The first-order valence-corrected chi connectivity index (χ1v) is 7.08. The Bertz CT molecular complexity index is 490. The van der Waals surface area contributed by atoms with Gasteiger partial charge in [0.2, 0.25) is 5.91 Å². The van der Waals surface area contributed by atoms with Gasteiger partial charge in [0.1, 0.15) is 6.61 Å². The molecule has 1 heterocycles. The lowest BCUT2D eigenvalue weighted by molar-refractivity contribution is -0.122. The number of carbonyl (C=O) groups is 2. The van der Waals surface area contributed by atoms with Crippen LogP contribution in [0.4, 0.5) is 4.79 Å². The summed E-state index contributed by atoms with van der Waals surface area (Å²) in [5.74, 6) is -0.195. The summed E-state index contributed by atoms with van der Waals surface area (Å²) in [6, 6.07) is 8.94. The van der Waals surface area contributed by atoms with Gasteiger partial charge in [0.05, 0.1) is 6.04 Å². The number of rotatable bonds is 4. The summed E-state index contributed by atoms with van der Waals surface area (Å²) in [7, 11) is 0. The van der Waals surface area contributed by atoms with E-state index in [-0.39, 0.29) is 24.6 Å². The Morgan fingerprint density at radius 3 is 2.81 bits per heavy atom. The predicted octanol–water partition coefficient (Wildman–Crippen LogP) is 0.861. The van der Waals surface area contributed by atoms with Gasteiger partial charge in [0.15, 0.2) is 0 Å². The molecule has 1 unspecified atom stereocenters. The van der Waals surface area contributed by atoms with Crippen molar-refractivity contribution in [1.29, 1.82) is 0 Å². The van der Waals surface area contributed by atoms with Crippen molar-refractivity contribution in [2.75, 3.05) is 13.1 Å². The van der Waals surface area contributed by atoms with Gasteiger partial charge in [-0.05, 0) is 18.9 Å². The van der Waals surface area contributed by atoms with Gasteiger partial charge in [-0.25, -0.2) is 4.79 Å². The molecule has 3 N–H and O–H groups in total. The first-order chi connectivity index (χ1) is 10.1. The van der Waals surface area contributed by atoms with Gasteiger partial charge in [-0.15, -0.1) is 0 Å². The van der Waals surface area contributed by atoms with E-state index in [4.69, 9.17) is 10.5 Å². The third-order valence-corrected chi connectivity index (χ3v) is 3.41. The summed E-state index contributed by atoms with van der Waals surface area (Å²) < 4.78 is 5.26. The SMILES string of the molecule is C[C@H](N)C(=O)NC1CCN(C(=O)OCc2ccccc2)C1. The Morgan fingerprint density at radius 1 is 1.43 bits per heavy atom. The standard InChI is InChI=1S/C15H21N3O3/c1-11(16)14(19)17-13-7-8-18(9-13)15(20)21-10-12-5-3-2-4-6-12/h2-6,11,13H,7-10,16H2,1H3,(H,17,19)/t11-,13?/m0/s1. The summed E-state index contributed by atoms with van der Waals surface area (Å²) >= 11 is 0. The van der Waals surface area contributed by atoms with E-state index in [0.717, 1.165) is 12.0 Å². The number of benzene rings is 1. The van der Waals surface area contributed by atoms with Crippen molar-refractivity contribution >= 4 is 12.0 Å². The molecule has 2 atom stereocenters. The Hall–Kier alpha value is -2.08. The van der Waals surface area contributed by atoms with Gasteiger partial charge in [-0.3, -0.25) is 4.79 Å². The van der Waals surface area contributed by atoms with Crippen molar-refractivity contribution in [2.24, 2.45) is 5.73 Å². The Labute approximate surface area is 124 Å². The van der Waals surface area contributed by atoms with Crippen LogP contribution in [0.2, 0.25) is 0 Å². The summed E-state index contributed by atoms with van der Waals surface area (Å²) in [4.78, 5) is 25.1. The average Bonchev–Trinajstić information content (AvgIpc) is 2.94. The number of hydrogen-bond acceptors (Lipinski definition) is 4. The molecule has 2 amide bonds. The molecule has 114 valence electrons. The zero-order valence-electron chi connectivity index (χ0n) is 12.1. The Balaban J connectivity index is 1.76. The van der Waals surface area contributed by atoms with Crippen LogP contribution < -0.4 is 11.1 Å². The first kappa shape index (κ1) is 15.3. The molecular formula is C15H21N3O3. The van der Waals surface area contributed by atoms with Crippen molar-refractivity contribution in [1.82, 2.24) is 10.2 Å². The zero-order chi connectivity index (χ0) is 15.2. The fourth-order valence-corrected chi connectivity index (χ4v) is 2.19. The van der Waals surface area contributed by atoms with Crippen LogP contribution in [0, 0.1) is 0 Å². The molecule has 0 aliphatic carbocycles. The number of nitrogens with one attached hydrogen (secondary N) is 1. The quantitative estimate of drug-likeness (QED) is 0.861. The molecule has 1 aromatic rings. The second-order valence-electron chi connectivity index (χ2n) is 5.27. The van der Waals surface area contributed by atoms with Gasteiger partial charge in [0, 0.05) is 19.1 Å². The highest BCUT2D eigenvalue weighted by Gasteiger charge is 2.28. The summed E-state index contributed by atoms with van der Waals surface area (Å²) in [6.45, 7) is 2.94. The fourth-order valence-electron chi connectivity index (χ4n) is 2.19. The van der Waals surface area contributed by atoms with Crippen LogP contribution in [-0.2, 0) is 16.1 Å². The molecular weight excluding hydrogens is 270 g/mol. The molecule has 1 aliphatic heterocycles. The smallest absolute Gasteiger partial charge is 0.410 e. The van der Waals surface area contributed by atoms with Gasteiger partial charge in [0.25, 0.3) is 0 Å². The van der Waals surface area contributed by atoms with E-state index in [0.29, 0.717) is 13.1 Å². The Kier molecular flexibility index (Phi) is 5.16. The second kappa shape index (κ2) is 7.08. The number of nitrogens with two attached hydrogens (primary N) is 1. The highest BCUT2D eigenvalue weighted by atomic mass is 16.6. The van der Waals surface area contributed by atoms with Crippen molar-refractivity contribution < 1.29 is 14.3 Å². The maximum absolute atomic E-state index is 12.0. The number of likely N-dealkylation sites (tertiary alicyclic amines) is 1. The van der Waals surface area contributed by atoms with Crippen LogP contribution in [-0.4, -0.2) is 42.1 Å². The van der Waals surface area contributed by atoms with Crippen molar-refractivity contribution in [2.45, 2.75) is 32.0 Å². The third kappa shape index (κ3) is 4.46. The topological polar surface area (TPSA) is 84.7 Å². The van der Waals surface area contributed by atoms with Gasteiger partial charge in [-0.2, -0.15) is 0 Å². The van der Waals surface area contributed by atoms with Crippen LogP contribution in [0.1, 0.15) is 18.9 Å². The summed E-state index contributed by atoms with van der Waals surface area (Å²) in [5, 5.41) is 2.82. The van der Waals surface area contributed by atoms with E-state index in [1.807, 2.05) is 30.3 Å². The minimum atomic E-state index is -0.538. The van der Waals surface area contributed by atoms with E-state index in [1.165, 1.54) is 0 Å². The minimum Gasteiger partial charge on any atom is -0.445 e. The molecule has 0 aromatic heterocycles. The van der Waals surface area contributed by atoms with Crippen LogP contribution >= 0.6 is 0 Å². The molecule has 6 heteroatoms. The monoisotopic (exact) mass is 291 g/mol. The Morgan fingerprint density at radius 2 is 2.14 bits per heavy atom. The minimum absolute atomic E-state index is 0.0484. The highest BCUT2D eigenvalue weighted by molar-refractivity contribution is 5.81. The van der Waals surface area contributed by atoms with Crippen LogP contribution in [0.5, 0.6) is 0 Å². The predicted molar refractivity (Wildman–Crippen MR) is 78.4 cm³/mol. The second-order valence-corrected chi connectivity index (χ2v) is 5.27. The van der Waals surface area contributed by atoms with Gasteiger partial charge >= 0.3 is 6.09 Å². The molecule has 0 spiro atoms. The number of nitrogens with zero attached hydrogens (tertiary/aromatic N) is 1. The lowest BCUT2D eigenvalue weighted by atomic mass is 10.2. The number of carbonyl (C=O) groups excluding carboxylic acids is 2. The largest absolute Gasteiger partial charge is 0.445 e. The van der Waals surface area contributed by atoms with Gasteiger partial charge in [-0.1, -0.05) is 30.3 Å². The molecule has 1 fully saturated rings. The molecule has 6 nitrogen and oxygen atoms in total. The molecule has 21 heavy (non-hydrogen) atoms. The molecule has 2 rings (SSSR count). The summed E-state index contributed by atoms with van der Waals surface area (Å²) in [5.41, 5.74) is 6.45.